The van der Waals surface area contributed by atoms with E-state index in [-0.39, 0.29) is 11.8 Å². The lowest BCUT2D eigenvalue weighted by molar-refractivity contribution is 0.454. The molecule has 0 spiro atoms. The van der Waals surface area contributed by atoms with Crippen LogP contribution in [-0.4, -0.2) is 31.6 Å². The fourth-order valence-corrected chi connectivity index (χ4v) is 6.10. The van der Waals surface area contributed by atoms with Crippen molar-refractivity contribution in [2.24, 2.45) is 0 Å². The molecule has 0 aliphatic rings. The van der Waals surface area contributed by atoms with Gasteiger partial charge < -0.3 is 10.4 Å². The summed E-state index contributed by atoms with van der Waals surface area (Å²) in [6.45, 7) is 13.0. The molecule has 0 unspecified atom stereocenters. The summed E-state index contributed by atoms with van der Waals surface area (Å²) in [5.74, 6) is 3.50. The van der Waals surface area contributed by atoms with E-state index in [1.165, 1.54) is 77.0 Å². The average molecular weight is 561 g/mol. The maximum absolute atomic E-state index is 10.8. The Morgan fingerprint density at radius 1 is 0.658 bits per heavy atom. The maximum Gasteiger partial charge on any atom is 0.232 e. The van der Waals surface area contributed by atoms with E-state index in [2.05, 4.69) is 46.9 Å². The van der Waals surface area contributed by atoms with Crippen molar-refractivity contribution in [3.8, 4) is 5.75 Å². The summed E-state index contributed by atoms with van der Waals surface area (Å²) in [6.07, 6.45) is 15.5. The number of anilines is 2. The van der Waals surface area contributed by atoms with Crippen LogP contribution in [0, 0.1) is 0 Å². The van der Waals surface area contributed by atoms with Gasteiger partial charge in [0.2, 0.25) is 5.95 Å². The summed E-state index contributed by atoms with van der Waals surface area (Å²) in [6, 6.07) is 4.06. The molecule has 0 aliphatic carbocycles. The minimum absolute atomic E-state index is 0.222. The van der Waals surface area contributed by atoms with E-state index in [1.807, 2.05) is 12.1 Å². The number of thioether (sulfide) groups is 2. The van der Waals surface area contributed by atoms with Crippen LogP contribution < -0.4 is 5.32 Å². The summed E-state index contributed by atoms with van der Waals surface area (Å²) in [5, 5.41) is 15.9. The molecule has 5 nitrogen and oxygen atoms in total. The Morgan fingerprint density at radius 3 is 1.50 bits per heavy atom. The van der Waals surface area contributed by atoms with E-state index in [4.69, 9.17) is 15.0 Å². The van der Waals surface area contributed by atoms with E-state index >= 15 is 0 Å². The Labute approximate surface area is 241 Å². The van der Waals surface area contributed by atoms with Crippen LogP contribution in [0.2, 0.25) is 0 Å². The molecule has 0 radical (unpaired) electrons. The standard InChI is InChI=1S/C31H52N4OS2/c1-7-9-11-13-15-17-19-37-30-33-29(34-31(35-30)38-20-18-16-14-12-10-8-2)32-25-21-26(23(3)4)28(36)27(22-25)24(5)6/h21-24,36H,7-20H2,1-6H3,(H,32,33,34,35). The zero-order valence-corrected chi connectivity index (χ0v) is 26.4. The molecular formula is C31H52N4OS2. The number of phenols is 1. The van der Waals surface area contributed by atoms with Crippen LogP contribution in [0.15, 0.2) is 22.4 Å². The Bertz CT molecular complexity index is 871. The molecule has 0 bridgehead atoms. The topological polar surface area (TPSA) is 70.9 Å². The molecule has 0 aliphatic heterocycles. The lowest BCUT2D eigenvalue weighted by Gasteiger charge is -2.18. The van der Waals surface area contributed by atoms with E-state index in [9.17, 15) is 5.11 Å². The molecule has 0 amide bonds. The van der Waals surface area contributed by atoms with Crippen molar-refractivity contribution in [3.05, 3.63) is 23.3 Å². The minimum atomic E-state index is 0.222. The number of aromatic nitrogens is 3. The SMILES string of the molecule is CCCCCCCCSc1nc(Nc2cc(C(C)C)c(O)c(C(C)C)c2)nc(SCCCCCCCC)n1. The van der Waals surface area contributed by atoms with Gasteiger partial charge in [0.1, 0.15) is 5.75 Å². The number of hydrogen-bond acceptors (Lipinski definition) is 7. The van der Waals surface area contributed by atoms with Gasteiger partial charge in [0.05, 0.1) is 0 Å². The van der Waals surface area contributed by atoms with Gasteiger partial charge in [-0.3, -0.25) is 0 Å². The molecule has 0 saturated carbocycles. The second kappa shape index (κ2) is 18.8. The maximum atomic E-state index is 10.8. The minimum Gasteiger partial charge on any atom is -0.507 e. The van der Waals surface area contributed by atoms with Crippen molar-refractivity contribution in [1.82, 2.24) is 15.0 Å². The largest absolute Gasteiger partial charge is 0.507 e. The van der Waals surface area contributed by atoms with Crippen LogP contribution in [0.4, 0.5) is 11.6 Å². The highest BCUT2D eigenvalue weighted by molar-refractivity contribution is 7.99. The number of nitrogens with zero attached hydrogens (tertiary/aromatic N) is 3. The number of hydrogen-bond donors (Lipinski definition) is 2. The van der Waals surface area contributed by atoms with Gasteiger partial charge in [-0.05, 0) is 47.9 Å². The van der Waals surface area contributed by atoms with E-state index < -0.39 is 0 Å². The number of phenolic OH excluding ortho intramolecular Hbond substituents is 1. The molecule has 1 aromatic heterocycles. The molecule has 2 aromatic rings. The number of benzene rings is 1. The Kier molecular flexibility index (Phi) is 16.2. The summed E-state index contributed by atoms with van der Waals surface area (Å²) in [7, 11) is 0. The molecule has 1 aromatic carbocycles. The second-order valence-electron chi connectivity index (χ2n) is 10.9. The highest BCUT2D eigenvalue weighted by atomic mass is 32.2. The van der Waals surface area contributed by atoms with Gasteiger partial charge in [0.15, 0.2) is 10.3 Å². The zero-order valence-electron chi connectivity index (χ0n) is 24.8. The predicted octanol–water partition coefficient (Wildman–Crippen LogP) is 10.5. The van der Waals surface area contributed by atoms with Crippen LogP contribution in [0.1, 0.15) is 142 Å². The van der Waals surface area contributed by atoms with Gasteiger partial charge in [-0.1, -0.05) is 129 Å². The van der Waals surface area contributed by atoms with Crippen molar-refractivity contribution in [2.45, 2.75) is 141 Å². The summed E-state index contributed by atoms with van der Waals surface area (Å²) in [4.78, 5) is 14.4. The smallest absolute Gasteiger partial charge is 0.232 e. The molecule has 0 saturated heterocycles. The average Bonchev–Trinajstić information content (AvgIpc) is 2.88. The van der Waals surface area contributed by atoms with Gasteiger partial charge in [0, 0.05) is 17.2 Å². The van der Waals surface area contributed by atoms with Gasteiger partial charge in [-0.15, -0.1) is 0 Å². The van der Waals surface area contributed by atoms with Crippen LogP contribution in [0.25, 0.3) is 0 Å². The third-order valence-corrected chi connectivity index (χ3v) is 8.59. The summed E-state index contributed by atoms with van der Waals surface area (Å²) in [5.41, 5.74) is 2.81. The molecule has 1 heterocycles. The lowest BCUT2D eigenvalue weighted by atomic mass is 9.93. The molecule has 38 heavy (non-hydrogen) atoms. The molecule has 0 fully saturated rings. The van der Waals surface area contributed by atoms with E-state index in [1.54, 1.807) is 23.5 Å². The summed E-state index contributed by atoms with van der Waals surface area (Å²) < 4.78 is 0. The molecule has 2 N–H and O–H groups in total. The van der Waals surface area contributed by atoms with Crippen LogP contribution in [0.3, 0.4) is 0 Å². The van der Waals surface area contributed by atoms with Gasteiger partial charge in [-0.2, -0.15) is 15.0 Å². The normalized spacial score (nSPS) is 11.6. The molecule has 7 heteroatoms. The fraction of sp³-hybridized carbons (Fsp3) is 0.710. The second-order valence-corrected chi connectivity index (χ2v) is 13.0. The number of aromatic hydroxyl groups is 1. The molecule has 0 atom stereocenters. The lowest BCUT2D eigenvalue weighted by Crippen LogP contribution is -2.05. The van der Waals surface area contributed by atoms with Crippen LogP contribution in [0.5, 0.6) is 5.75 Å². The Hall–Kier alpha value is -1.47. The third-order valence-electron chi connectivity index (χ3n) is 6.72. The quantitative estimate of drug-likeness (QED) is 0.0948. The van der Waals surface area contributed by atoms with Gasteiger partial charge >= 0.3 is 0 Å². The third kappa shape index (κ3) is 12.1. The van der Waals surface area contributed by atoms with Crippen molar-refractivity contribution in [1.29, 1.82) is 0 Å². The highest BCUT2D eigenvalue weighted by Crippen LogP contribution is 2.37. The first kappa shape index (κ1) is 32.7. The Balaban J connectivity index is 2.13. The number of unbranched alkanes of at least 4 members (excludes halogenated alkanes) is 10. The Morgan fingerprint density at radius 2 is 1.08 bits per heavy atom. The van der Waals surface area contributed by atoms with E-state index in [0.29, 0.717) is 11.7 Å². The predicted molar refractivity (Wildman–Crippen MR) is 168 cm³/mol. The number of nitrogens with one attached hydrogen (secondary N) is 1. The fourth-order valence-electron chi connectivity index (χ4n) is 4.38. The van der Waals surface area contributed by atoms with Crippen molar-refractivity contribution >= 4 is 35.2 Å². The monoisotopic (exact) mass is 560 g/mol. The molecule has 2 rings (SSSR count). The van der Waals surface area contributed by atoms with Gasteiger partial charge in [-0.25, -0.2) is 0 Å². The van der Waals surface area contributed by atoms with Crippen LogP contribution >= 0.6 is 23.5 Å². The zero-order chi connectivity index (χ0) is 27.8. The highest BCUT2D eigenvalue weighted by Gasteiger charge is 2.16. The first-order valence-electron chi connectivity index (χ1n) is 15.0. The first-order valence-corrected chi connectivity index (χ1v) is 17.0. The van der Waals surface area contributed by atoms with Gasteiger partial charge in [0.25, 0.3) is 0 Å². The molecule has 214 valence electrons. The molecular weight excluding hydrogens is 509 g/mol. The van der Waals surface area contributed by atoms with Crippen molar-refractivity contribution in [3.63, 3.8) is 0 Å². The van der Waals surface area contributed by atoms with Crippen LogP contribution in [-0.2, 0) is 0 Å². The van der Waals surface area contributed by atoms with E-state index in [0.717, 1.165) is 38.6 Å². The first-order chi connectivity index (χ1) is 18.3. The number of rotatable bonds is 20. The van der Waals surface area contributed by atoms with Crippen molar-refractivity contribution in [2.75, 3.05) is 16.8 Å². The summed E-state index contributed by atoms with van der Waals surface area (Å²) >= 11 is 3.48. The van der Waals surface area contributed by atoms with Crippen molar-refractivity contribution < 1.29 is 5.11 Å².